The predicted octanol–water partition coefficient (Wildman–Crippen LogP) is 10.5. The lowest BCUT2D eigenvalue weighted by Crippen LogP contribution is -2.09. The van der Waals surface area contributed by atoms with Gasteiger partial charge in [0, 0.05) is 72.8 Å². The zero-order valence-corrected chi connectivity index (χ0v) is 42.3. The molecule has 0 saturated carbocycles. The van der Waals surface area contributed by atoms with Gasteiger partial charge in [0.1, 0.15) is 26.4 Å². The van der Waals surface area contributed by atoms with Gasteiger partial charge in [-0.3, -0.25) is 0 Å². The van der Waals surface area contributed by atoms with Crippen LogP contribution in [0.15, 0.2) is 121 Å². The van der Waals surface area contributed by atoms with E-state index in [1.807, 2.05) is 97.1 Å². The number of nitrogens with one attached hydrogen (secondary N) is 2. The highest BCUT2D eigenvalue weighted by molar-refractivity contribution is 6.01. The molecule has 386 valence electrons. The minimum atomic E-state index is -0.479. The fourth-order valence-corrected chi connectivity index (χ4v) is 8.72. The van der Waals surface area contributed by atoms with Crippen LogP contribution in [0.2, 0.25) is 0 Å². The van der Waals surface area contributed by atoms with Crippen molar-refractivity contribution in [1.29, 1.82) is 0 Å². The summed E-state index contributed by atoms with van der Waals surface area (Å²) in [6, 6.07) is 36.5. The lowest BCUT2D eigenvalue weighted by Gasteiger charge is -2.09. The smallest absolute Gasteiger partial charge is 0.338 e. The van der Waals surface area contributed by atoms with E-state index in [-0.39, 0.29) is 52.9 Å². The van der Waals surface area contributed by atoms with E-state index in [1.54, 1.807) is 77.0 Å². The summed E-state index contributed by atoms with van der Waals surface area (Å²) < 4.78 is 42.0. The van der Waals surface area contributed by atoms with Gasteiger partial charge in [-0.05, 0) is 119 Å². The third-order valence-electron chi connectivity index (χ3n) is 12.5. The number of aromatic nitrogens is 4. The minimum absolute atomic E-state index is 0.114. The number of methoxy groups -OCH3 is 4. The van der Waals surface area contributed by atoms with E-state index >= 15 is 0 Å². The number of esters is 4. The molecule has 0 atom stereocenters. The summed E-state index contributed by atoms with van der Waals surface area (Å²) in [5, 5.41) is 0. The van der Waals surface area contributed by atoms with Gasteiger partial charge in [0.05, 0.1) is 71.5 Å². The van der Waals surface area contributed by atoms with Gasteiger partial charge in [-0.15, -0.1) is 0 Å². The molecular formula is C60H54N4O12. The third kappa shape index (κ3) is 11.8. The zero-order valence-electron chi connectivity index (χ0n) is 42.3. The van der Waals surface area contributed by atoms with Crippen molar-refractivity contribution in [1.82, 2.24) is 19.9 Å². The molecule has 0 saturated heterocycles. The molecule has 9 rings (SSSR count). The van der Waals surface area contributed by atoms with Gasteiger partial charge in [-0.2, -0.15) is 0 Å². The number of fused-ring (bicyclic) bond motifs is 8. The van der Waals surface area contributed by atoms with Crippen LogP contribution in [-0.2, 0) is 37.9 Å². The van der Waals surface area contributed by atoms with Crippen molar-refractivity contribution in [2.75, 3.05) is 81.3 Å². The first kappa shape index (κ1) is 52.1. The van der Waals surface area contributed by atoms with Crippen LogP contribution < -0.4 is 0 Å². The molecule has 8 bridgehead atoms. The number of nitrogens with zero attached hydrogens (tertiary/aromatic N) is 2. The molecule has 0 spiro atoms. The maximum atomic E-state index is 13.0. The lowest BCUT2D eigenvalue weighted by molar-refractivity contribution is 0.0381. The topological polar surface area (TPSA) is 199 Å². The molecule has 2 N–H and O–H groups in total. The molecule has 5 heterocycles. The molecular weight excluding hydrogens is 969 g/mol. The molecule has 0 unspecified atom stereocenters. The molecule has 76 heavy (non-hydrogen) atoms. The van der Waals surface area contributed by atoms with E-state index < -0.39 is 23.9 Å². The summed E-state index contributed by atoms with van der Waals surface area (Å²) in [7, 11) is 6.16. The third-order valence-corrected chi connectivity index (χ3v) is 12.5. The normalized spacial score (nSPS) is 11.6. The van der Waals surface area contributed by atoms with E-state index in [1.165, 1.54) is 0 Å². The lowest BCUT2D eigenvalue weighted by atomic mass is 10.0. The van der Waals surface area contributed by atoms with Gasteiger partial charge >= 0.3 is 23.9 Å². The van der Waals surface area contributed by atoms with Crippen molar-refractivity contribution in [2.24, 2.45) is 0 Å². The molecule has 4 aromatic carbocycles. The number of carbonyl (C=O) groups is 4. The first-order valence-electron chi connectivity index (χ1n) is 24.4. The summed E-state index contributed by atoms with van der Waals surface area (Å²) in [5.41, 5.74) is 12.7. The van der Waals surface area contributed by atoms with Gasteiger partial charge in [-0.1, -0.05) is 48.5 Å². The Bertz CT molecular complexity index is 3030. The maximum Gasteiger partial charge on any atom is 0.338 e. The van der Waals surface area contributed by atoms with Crippen LogP contribution >= 0.6 is 0 Å². The highest BCUT2D eigenvalue weighted by Gasteiger charge is 2.21. The van der Waals surface area contributed by atoms with E-state index in [9.17, 15) is 19.2 Å². The summed E-state index contributed by atoms with van der Waals surface area (Å²) in [6.07, 6.45) is 7.78. The van der Waals surface area contributed by atoms with Gasteiger partial charge in [0.25, 0.3) is 0 Å². The Morgan fingerprint density at radius 1 is 0.316 bits per heavy atom. The van der Waals surface area contributed by atoms with E-state index in [0.29, 0.717) is 67.1 Å². The predicted molar refractivity (Wildman–Crippen MR) is 289 cm³/mol. The van der Waals surface area contributed by atoms with Crippen molar-refractivity contribution in [3.63, 3.8) is 0 Å². The Labute approximate surface area is 437 Å². The summed E-state index contributed by atoms with van der Waals surface area (Å²) in [6.45, 7) is 1.53. The second kappa shape index (κ2) is 24.5. The van der Waals surface area contributed by atoms with Crippen molar-refractivity contribution < 1.29 is 57.1 Å². The number of rotatable bonds is 20. The molecule has 0 amide bonds. The minimum Gasteiger partial charge on any atom is -0.460 e. The highest BCUT2D eigenvalue weighted by atomic mass is 16.6. The molecule has 16 nitrogen and oxygen atoms in total. The van der Waals surface area contributed by atoms with Gasteiger partial charge < -0.3 is 47.9 Å². The quantitative estimate of drug-likeness (QED) is 0.0415. The SMILES string of the molecule is COCCOC(=O)c1ccc(-c2c3nc(c(-c4ccc(C(=O)OCCOC)cc4)c4ccc([nH]4)c(-c4ccc(C(=O)OCCOC)cc4)c4nc(c(-c5ccc(C(=O)OCCOC)cc5)c5ccc2[nH]5)C=C4)C=C3)cc1. The number of carbonyl (C=O) groups excluding carboxylic acids is 4. The van der Waals surface area contributed by atoms with Crippen LogP contribution in [0.1, 0.15) is 64.2 Å². The largest absolute Gasteiger partial charge is 0.460 e. The highest BCUT2D eigenvalue weighted by Crippen LogP contribution is 2.39. The van der Waals surface area contributed by atoms with Crippen molar-refractivity contribution in [2.45, 2.75) is 0 Å². The summed E-state index contributed by atoms with van der Waals surface area (Å²) in [5.74, 6) is -1.92. The Balaban J connectivity index is 1.30. The number of ether oxygens (including phenoxy) is 8. The van der Waals surface area contributed by atoms with Crippen molar-refractivity contribution >= 4 is 70.2 Å². The first-order chi connectivity index (χ1) is 37.2. The molecule has 16 heteroatoms. The number of benzene rings is 4. The fraction of sp³-hybridized carbons (Fsp3) is 0.200. The van der Waals surface area contributed by atoms with E-state index in [4.69, 9.17) is 47.9 Å². The zero-order chi connectivity index (χ0) is 53.0. The van der Waals surface area contributed by atoms with Crippen LogP contribution in [-0.4, -0.2) is 125 Å². The van der Waals surface area contributed by atoms with Crippen LogP contribution in [0.3, 0.4) is 0 Å². The van der Waals surface area contributed by atoms with Gasteiger partial charge in [0.2, 0.25) is 0 Å². The van der Waals surface area contributed by atoms with Crippen molar-refractivity contribution in [3.05, 3.63) is 166 Å². The molecule has 0 aliphatic carbocycles. The molecule has 0 fully saturated rings. The first-order valence-corrected chi connectivity index (χ1v) is 24.4. The number of aromatic amines is 2. The van der Waals surface area contributed by atoms with Crippen molar-refractivity contribution in [3.8, 4) is 44.5 Å². The summed E-state index contributed by atoms with van der Waals surface area (Å²) in [4.78, 5) is 70.2. The fourth-order valence-electron chi connectivity index (χ4n) is 8.72. The molecule has 0 radical (unpaired) electrons. The average Bonchev–Trinajstić information content (AvgIpc) is 4.33. The Kier molecular flexibility index (Phi) is 16.8. The molecule has 7 aromatic rings. The van der Waals surface area contributed by atoms with Gasteiger partial charge in [-0.25, -0.2) is 29.1 Å². The van der Waals surface area contributed by atoms with Crippen LogP contribution in [0.25, 0.3) is 90.9 Å². The van der Waals surface area contributed by atoms with E-state index in [2.05, 4.69) is 9.97 Å². The second-order valence-electron chi connectivity index (χ2n) is 17.3. The Hall–Kier alpha value is -8.80. The molecule has 2 aliphatic rings. The van der Waals surface area contributed by atoms with E-state index in [0.717, 1.165) is 44.5 Å². The number of hydrogen-bond donors (Lipinski definition) is 2. The standard InChI is InChI=1S/C60H54N4O12/c1-69-29-33-73-57(65)41-13-5-37(6-14-41)53-45-21-23-47(61-45)54(38-7-15-42(16-8-38)58(66)74-34-30-70-2)49-25-27-51(63-49)56(40-11-19-44(20-12-40)60(68)76-36-32-72-4)52-28-26-50(64-52)55(48-24-22-46(53)62-48)39-9-17-43(18-10-39)59(67)75-35-31-71-3/h5-28,61,64H,29-36H2,1-4H3. The Morgan fingerprint density at radius 3 is 0.724 bits per heavy atom. The average molecular weight is 1020 g/mol. The Morgan fingerprint density at radius 2 is 0.526 bits per heavy atom. The number of H-pyrrole nitrogens is 2. The van der Waals surface area contributed by atoms with Crippen LogP contribution in [0, 0.1) is 0 Å². The maximum absolute atomic E-state index is 13.0. The van der Waals surface area contributed by atoms with Gasteiger partial charge in [0.15, 0.2) is 0 Å². The number of hydrogen-bond acceptors (Lipinski definition) is 14. The monoisotopic (exact) mass is 1020 g/mol. The van der Waals surface area contributed by atoms with Crippen LogP contribution in [0.4, 0.5) is 0 Å². The summed E-state index contributed by atoms with van der Waals surface area (Å²) >= 11 is 0. The second-order valence-corrected chi connectivity index (χ2v) is 17.3. The molecule has 2 aliphatic heterocycles. The molecule has 3 aromatic heterocycles. The van der Waals surface area contributed by atoms with Crippen LogP contribution in [0.5, 0.6) is 0 Å².